The molecular weight excluding hydrogens is 260 g/mol. The van der Waals surface area contributed by atoms with E-state index < -0.39 is 11.6 Å². The molecule has 0 amide bonds. The maximum absolute atomic E-state index is 11.5. The summed E-state index contributed by atoms with van der Waals surface area (Å²) in [6.07, 6.45) is 0. The van der Waals surface area contributed by atoms with Crippen LogP contribution in [-0.2, 0) is 9.53 Å². The lowest BCUT2D eigenvalue weighted by molar-refractivity contribution is -0.165. The van der Waals surface area contributed by atoms with Crippen molar-refractivity contribution in [2.75, 3.05) is 6.61 Å². The van der Waals surface area contributed by atoms with E-state index in [0.717, 1.165) is 10.3 Å². The van der Waals surface area contributed by atoms with Crippen LogP contribution < -0.4 is 0 Å². The molecule has 19 heavy (non-hydrogen) atoms. The van der Waals surface area contributed by atoms with E-state index in [-0.39, 0.29) is 5.92 Å². The molecule has 2 unspecified atom stereocenters. The average molecular weight is 278 g/mol. The molecule has 0 fully saturated rings. The lowest BCUT2D eigenvalue weighted by atomic mass is 9.89. The van der Waals surface area contributed by atoms with Crippen molar-refractivity contribution in [1.82, 2.24) is 0 Å². The number of hydrogen-bond donors (Lipinski definition) is 1. The number of hydrogen-bond acceptors (Lipinski definition) is 3. The molecule has 0 saturated heterocycles. The van der Waals surface area contributed by atoms with Gasteiger partial charge in [0.05, 0.1) is 0 Å². The van der Waals surface area contributed by atoms with Gasteiger partial charge in [-0.1, -0.05) is 25.1 Å². The summed E-state index contributed by atoms with van der Waals surface area (Å²) in [5.74, 6) is -1.11. The van der Waals surface area contributed by atoms with E-state index in [0.29, 0.717) is 6.61 Å². The minimum atomic E-state index is -1.18. The van der Waals surface area contributed by atoms with Gasteiger partial charge in [-0.05, 0) is 31.4 Å². The molecule has 2 aromatic rings. The predicted molar refractivity (Wildman–Crippen MR) is 77.9 cm³/mol. The summed E-state index contributed by atoms with van der Waals surface area (Å²) in [6, 6.07) is 10.1. The first-order chi connectivity index (χ1) is 8.99. The monoisotopic (exact) mass is 278 g/mol. The van der Waals surface area contributed by atoms with Crippen molar-refractivity contribution in [1.29, 1.82) is 0 Å². The Labute approximate surface area is 116 Å². The molecule has 0 aliphatic heterocycles. The van der Waals surface area contributed by atoms with Crippen LogP contribution in [0.1, 0.15) is 31.6 Å². The van der Waals surface area contributed by atoms with Gasteiger partial charge >= 0.3 is 5.97 Å². The van der Waals surface area contributed by atoms with Crippen molar-refractivity contribution in [2.45, 2.75) is 32.3 Å². The third kappa shape index (κ3) is 2.51. The third-order valence-corrected chi connectivity index (χ3v) is 4.87. The fraction of sp³-hybridized carbons (Fsp3) is 0.400. The SMILES string of the molecule is CCOC(C)(C(=O)O)C(C)c1cc2ccccc2s1. The predicted octanol–water partition coefficient (Wildman–Crippen LogP) is 3.88. The van der Waals surface area contributed by atoms with Gasteiger partial charge in [0, 0.05) is 22.1 Å². The fourth-order valence-electron chi connectivity index (χ4n) is 2.16. The smallest absolute Gasteiger partial charge is 0.336 e. The molecular formula is C15H18O3S. The van der Waals surface area contributed by atoms with E-state index >= 15 is 0 Å². The Hall–Kier alpha value is -1.39. The highest BCUT2D eigenvalue weighted by atomic mass is 32.1. The molecule has 0 spiro atoms. The van der Waals surface area contributed by atoms with Gasteiger partial charge in [-0.2, -0.15) is 0 Å². The maximum Gasteiger partial charge on any atom is 0.336 e. The second-order valence-corrected chi connectivity index (χ2v) is 5.87. The van der Waals surface area contributed by atoms with E-state index in [4.69, 9.17) is 4.74 Å². The lowest BCUT2D eigenvalue weighted by Crippen LogP contribution is -2.43. The van der Waals surface area contributed by atoms with Gasteiger partial charge in [0.2, 0.25) is 0 Å². The number of aliphatic carboxylic acids is 1. The minimum Gasteiger partial charge on any atom is -0.479 e. The van der Waals surface area contributed by atoms with Crippen molar-refractivity contribution < 1.29 is 14.6 Å². The van der Waals surface area contributed by atoms with Crippen molar-refractivity contribution in [2.24, 2.45) is 0 Å². The number of fused-ring (bicyclic) bond motifs is 1. The van der Waals surface area contributed by atoms with Crippen LogP contribution in [0, 0.1) is 0 Å². The standard InChI is InChI=1S/C15H18O3S/c1-4-18-15(3,14(16)17)10(2)13-9-11-7-5-6-8-12(11)19-13/h5-10H,4H2,1-3H3,(H,16,17). The molecule has 0 aliphatic carbocycles. The second kappa shape index (κ2) is 5.31. The molecule has 2 atom stereocenters. The summed E-state index contributed by atoms with van der Waals surface area (Å²) < 4.78 is 6.68. The highest BCUT2D eigenvalue weighted by molar-refractivity contribution is 7.19. The number of rotatable bonds is 5. The van der Waals surface area contributed by atoms with Crippen LogP contribution in [-0.4, -0.2) is 23.3 Å². The largest absolute Gasteiger partial charge is 0.479 e. The van der Waals surface area contributed by atoms with Crippen LogP contribution in [0.4, 0.5) is 0 Å². The number of thiophene rings is 1. The summed E-state index contributed by atoms with van der Waals surface area (Å²) in [7, 11) is 0. The van der Waals surface area contributed by atoms with Crippen molar-refractivity contribution >= 4 is 27.4 Å². The van der Waals surface area contributed by atoms with E-state index in [1.807, 2.05) is 32.0 Å². The zero-order valence-corrected chi connectivity index (χ0v) is 12.2. The second-order valence-electron chi connectivity index (χ2n) is 4.75. The minimum absolute atomic E-state index is 0.192. The summed E-state index contributed by atoms with van der Waals surface area (Å²) in [5, 5.41) is 10.6. The number of carboxylic acid groups (broad SMARTS) is 1. The Morgan fingerprint density at radius 1 is 1.47 bits per heavy atom. The van der Waals surface area contributed by atoms with E-state index in [1.54, 1.807) is 18.3 Å². The Morgan fingerprint density at radius 3 is 2.74 bits per heavy atom. The molecule has 3 nitrogen and oxygen atoms in total. The quantitative estimate of drug-likeness (QED) is 0.902. The number of carboxylic acids is 1. The lowest BCUT2D eigenvalue weighted by Gasteiger charge is -2.30. The Balaban J connectivity index is 2.41. The summed E-state index contributed by atoms with van der Waals surface area (Å²) in [4.78, 5) is 12.6. The molecule has 2 rings (SSSR count). The molecule has 0 aliphatic rings. The third-order valence-electron chi connectivity index (χ3n) is 3.57. The first kappa shape index (κ1) is 14.0. The first-order valence-electron chi connectivity index (χ1n) is 6.35. The molecule has 1 heterocycles. The van der Waals surface area contributed by atoms with Crippen molar-refractivity contribution in [3.63, 3.8) is 0 Å². The summed E-state index contributed by atoms with van der Waals surface area (Å²) in [5.41, 5.74) is -1.18. The van der Waals surface area contributed by atoms with Crippen molar-refractivity contribution in [3.05, 3.63) is 35.2 Å². The molecule has 1 N–H and O–H groups in total. The van der Waals surface area contributed by atoms with Crippen molar-refractivity contribution in [3.8, 4) is 0 Å². The topological polar surface area (TPSA) is 46.5 Å². The van der Waals surface area contributed by atoms with Gasteiger partial charge < -0.3 is 9.84 Å². The van der Waals surface area contributed by atoms with E-state index in [1.165, 1.54) is 4.70 Å². The normalized spacial score (nSPS) is 16.2. The Bertz CT molecular complexity index is 557. The van der Waals surface area contributed by atoms with Gasteiger partial charge in [-0.3, -0.25) is 0 Å². The van der Waals surface area contributed by atoms with Crippen LogP contribution >= 0.6 is 11.3 Å². The Kier molecular flexibility index (Phi) is 3.92. The van der Waals surface area contributed by atoms with Crippen LogP contribution in [0.25, 0.3) is 10.1 Å². The average Bonchev–Trinajstić information content (AvgIpc) is 2.81. The van der Waals surface area contributed by atoms with E-state index in [9.17, 15) is 9.90 Å². The zero-order chi connectivity index (χ0) is 14.0. The van der Waals surface area contributed by atoms with E-state index in [2.05, 4.69) is 12.1 Å². The maximum atomic E-state index is 11.5. The van der Waals surface area contributed by atoms with Gasteiger partial charge in [0.25, 0.3) is 0 Å². The molecule has 1 aromatic heterocycles. The molecule has 0 saturated carbocycles. The molecule has 0 radical (unpaired) electrons. The summed E-state index contributed by atoms with van der Waals surface area (Å²) >= 11 is 1.63. The number of ether oxygens (including phenoxy) is 1. The van der Waals surface area contributed by atoms with Gasteiger partial charge in [0.1, 0.15) is 0 Å². The molecule has 102 valence electrons. The zero-order valence-electron chi connectivity index (χ0n) is 11.3. The molecule has 0 bridgehead atoms. The van der Waals surface area contributed by atoms with Gasteiger partial charge in [-0.15, -0.1) is 11.3 Å². The first-order valence-corrected chi connectivity index (χ1v) is 7.16. The van der Waals surface area contributed by atoms with Crippen LogP contribution in [0.15, 0.2) is 30.3 Å². The molecule has 4 heteroatoms. The molecule has 1 aromatic carbocycles. The van der Waals surface area contributed by atoms with Crippen LogP contribution in [0.2, 0.25) is 0 Å². The summed E-state index contributed by atoms with van der Waals surface area (Å²) in [6.45, 7) is 5.76. The Morgan fingerprint density at radius 2 is 2.16 bits per heavy atom. The number of carbonyl (C=O) groups is 1. The highest BCUT2D eigenvalue weighted by Crippen LogP contribution is 2.38. The van der Waals surface area contributed by atoms with Crippen LogP contribution in [0.3, 0.4) is 0 Å². The number of benzene rings is 1. The van der Waals surface area contributed by atoms with Crippen LogP contribution in [0.5, 0.6) is 0 Å². The highest BCUT2D eigenvalue weighted by Gasteiger charge is 2.41. The fourth-order valence-corrected chi connectivity index (χ4v) is 3.39. The van der Waals surface area contributed by atoms with Gasteiger partial charge in [0.15, 0.2) is 5.60 Å². The van der Waals surface area contributed by atoms with Gasteiger partial charge in [-0.25, -0.2) is 4.79 Å².